The predicted molar refractivity (Wildman–Crippen MR) is 59.7 cm³/mol. The number of nitrogens with one attached hydrogen (secondary N) is 2. The summed E-state index contributed by atoms with van der Waals surface area (Å²) >= 11 is 0. The van der Waals surface area contributed by atoms with Gasteiger partial charge >= 0.3 is 6.03 Å². The molecule has 0 spiro atoms. The molecule has 0 aliphatic heterocycles. The van der Waals surface area contributed by atoms with Gasteiger partial charge in [-0.05, 0) is 38.0 Å². The highest BCUT2D eigenvalue weighted by Gasteiger charge is 2.19. The molecule has 1 fully saturated rings. The molecule has 0 unspecified atom stereocenters. The molecule has 0 aromatic rings. The monoisotopic (exact) mass is 214 g/mol. The zero-order chi connectivity index (χ0) is 11.1. The molecule has 1 aliphatic carbocycles. The van der Waals surface area contributed by atoms with Gasteiger partial charge in [0.05, 0.1) is 6.10 Å². The van der Waals surface area contributed by atoms with Crippen LogP contribution in [-0.2, 0) is 0 Å². The molecule has 0 bridgehead atoms. The van der Waals surface area contributed by atoms with Gasteiger partial charge in [0.15, 0.2) is 0 Å². The van der Waals surface area contributed by atoms with Crippen molar-refractivity contribution in [1.29, 1.82) is 0 Å². The molecule has 15 heavy (non-hydrogen) atoms. The third-order valence-corrected chi connectivity index (χ3v) is 2.90. The van der Waals surface area contributed by atoms with Crippen molar-refractivity contribution in [2.45, 2.75) is 45.1 Å². The van der Waals surface area contributed by atoms with Crippen LogP contribution in [0.15, 0.2) is 0 Å². The second-order valence-electron chi connectivity index (χ2n) is 4.31. The predicted octanol–water partition coefficient (Wildman–Crippen LogP) is 1.25. The van der Waals surface area contributed by atoms with Crippen LogP contribution in [0.4, 0.5) is 4.79 Å². The van der Waals surface area contributed by atoms with E-state index in [-0.39, 0.29) is 12.1 Å². The maximum Gasteiger partial charge on any atom is 0.314 e. The summed E-state index contributed by atoms with van der Waals surface area (Å²) in [4.78, 5) is 11.2. The van der Waals surface area contributed by atoms with Crippen LogP contribution in [0.1, 0.15) is 39.0 Å². The zero-order valence-corrected chi connectivity index (χ0v) is 9.46. The first-order valence-electron chi connectivity index (χ1n) is 5.92. The Labute approximate surface area is 91.4 Å². The summed E-state index contributed by atoms with van der Waals surface area (Å²) in [5.41, 5.74) is 0. The molecule has 3 N–H and O–H groups in total. The summed E-state index contributed by atoms with van der Waals surface area (Å²) in [6, 6.07) is -0.0667. The van der Waals surface area contributed by atoms with E-state index in [0.717, 1.165) is 45.2 Å². The highest BCUT2D eigenvalue weighted by Crippen LogP contribution is 2.23. The Morgan fingerprint density at radius 2 is 1.93 bits per heavy atom. The Hall–Kier alpha value is -0.770. The molecule has 4 heteroatoms. The van der Waals surface area contributed by atoms with Gasteiger partial charge in [-0.15, -0.1) is 0 Å². The topological polar surface area (TPSA) is 61.4 Å². The fourth-order valence-corrected chi connectivity index (χ4v) is 1.89. The van der Waals surface area contributed by atoms with Gasteiger partial charge in [0.1, 0.15) is 0 Å². The first-order valence-corrected chi connectivity index (χ1v) is 5.92. The van der Waals surface area contributed by atoms with Crippen LogP contribution < -0.4 is 10.6 Å². The van der Waals surface area contributed by atoms with Gasteiger partial charge in [-0.3, -0.25) is 0 Å². The van der Waals surface area contributed by atoms with Crippen molar-refractivity contribution in [3.8, 4) is 0 Å². The van der Waals surface area contributed by atoms with Crippen LogP contribution in [-0.4, -0.2) is 30.3 Å². The third kappa shape index (κ3) is 5.02. The molecule has 4 nitrogen and oxygen atoms in total. The van der Waals surface area contributed by atoms with Gasteiger partial charge in [-0.1, -0.05) is 6.92 Å². The fraction of sp³-hybridized carbons (Fsp3) is 0.909. The summed E-state index contributed by atoms with van der Waals surface area (Å²) in [7, 11) is 0. The van der Waals surface area contributed by atoms with E-state index in [1.54, 1.807) is 0 Å². The second kappa shape index (κ2) is 6.67. The van der Waals surface area contributed by atoms with E-state index < -0.39 is 0 Å². The molecule has 1 saturated carbocycles. The maximum atomic E-state index is 11.2. The summed E-state index contributed by atoms with van der Waals surface area (Å²) in [5, 5.41) is 15.0. The van der Waals surface area contributed by atoms with E-state index in [1.807, 2.05) is 6.92 Å². The lowest BCUT2D eigenvalue weighted by molar-refractivity contribution is 0.109. The van der Waals surface area contributed by atoms with E-state index in [4.69, 9.17) is 0 Å². The summed E-state index contributed by atoms with van der Waals surface area (Å²) in [5.74, 6) is 0.542. The van der Waals surface area contributed by atoms with E-state index in [2.05, 4.69) is 10.6 Å². The van der Waals surface area contributed by atoms with Crippen LogP contribution in [0, 0.1) is 5.92 Å². The van der Waals surface area contributed by atoms with Crippen molar-refractivity contribution < 1.29 is 9.90 Å². The lowest BCUT2D eigenvalue weighted by atomic mass is 9.87. The minimum absolute atomic E-state index is 0.0667. The Morgan fingerprint density at radius 1 is 1.27 bits per heavy atom. The van der Waals surface area contributed by atoms with Crippen LogP contribution in [0.5, 0.6) is 0 Å². The fourth-order valence-electron chi connectivity index (χ4n) is 1.89. The summed E-state index contributed by atoms with van der Waals surface area (Å²) < 4.78 is 0. The van der Waals surface area contributed by atoms with Gasteiger partial charge in [0.2, 0.25) is 0 Å². The highest BCUT2D eigenvalue weighted by molar-refractivity contribution is 5.73. The standard InChI is InChI=1S/C11H22N2O2/c1-2-7-12-11(15)13-8-9-3-5-10(14)6-4-9/h9-10,14H,2-8H2,1H3,(H2,12,13,15). The van der Waals surface area contributed by atoms with E-state index in [0.29, 0.717) is 5.92 Å². The van der Waals surface area contributed by atoms with Gasteiger partial charge in [0, 0.05) is 13.1 Å². The molecule has 0 saturated heterocycles. The van der Waals surface area contributed by atoms with Crippen molar-refractivity contribution in [2.24, 2.45) is 5.92 Å². The first-order chi connectivity index (χ1) is 7.22. The Bertz CT molecular complexity index is 189. The minimum atomic E-state index is -0.116. The van der Waals surface area contributed by atoms with E-state index in [1.165, 1.54) is 0 Å². The Kier molecular flexibility index (Phi) is 5.47. The van der Waals surface area contributed by atoms with Gasteiger partial charge in [-0.25, -0.2) is 4.79 Å². The van der Waals surface area contributed by atoms with Crippen LogP contribution in [0.2, 0.25) is 0 Å². The molecule has 0 aromatic heterocycles. The van der Waals surface area contributed by atoms with Gasteiger partial charge < -0.3 is 15.7 Å². The number of hydrogen-bond donors (Lipinski definition) is 3. The van der Waals surface area contributed by atoms with Gasteiger partial charge in [0.25, 0.3) is 0 Å². The first kappa shape index (κ1) is 12.3. The molecule has 2 amide bonds. The molecular weight excluding hydrogens is 192 g/mol. The number of rotatable bonds is 4. The average Bonchev–Trinajstić information content (AvgIpc) is 2.25. The SMILES string of the molecule is CCCNC(=O)NCC1CCC(O)CC1. The zero-order valence-electron chi connectivity index (χ0n) is 9.46. The molecule has 0 atom stereocenters. The largest absolute Gasteiger partial charge is 0.393 e. The van der Waals surface area contributed by atoms with Crippen molar-refractivity contribution >= 4 is 6.03 Å². The quantitative estimate of drug-likeness (QED) is 0.659. The van der Waals surface area contributed by atoms with Crippen LogP contribution in [0.25, 0.3) is 0 Å². The molecule has 88 valence electrons. The number of urea groups is 1. The smallest absolute Gasteiger partial charge is 0.314 e. The lowest BCUT2D eigenvalue weighted by Crippen LogP contribution is -2.39. The van der Waals surface area contributed by atoms with E-state index in [9.17, 15) is 9.90 Å². The van der Waals surface area contributed by atoms with Crippen LogP contribution >= 0.6 is 0 Å². The van der Waals surface area contributed by atoms with Gasteiger partial charge in [-0.2, -0.15) is 0 Å². The molecule has 0 heterocycles. The number of amides is 2. The number of carbonyl (C=O) groups excluding carboxylic acids is 1. The van der Waals surface area contributed by atoms with Crippen molar-refractivity contribution in [2.75, 3.05) is 13.1 Å². The Morgan fingerprint density at radius 3 is 2.53 bits per heavy atom. The van der Waals surface area contributed by atoms with E-state index >= 15 is 0 Å². The second-order valence-corrected chi connectivity index (χ2v) is 4.31. The van der Waals surface area contributed by atoms with Crippen molar-refractivity contribution in [3.63, 3.8) is 0 Å². The molecular formula is C11H22N2O2. The lowest BCUT2D eigenvalue weighted by Gasteiger charge is -2.25. The number of carbonyl (C=O) groups is 1. The summed E-state index contributed by atoms with van der Waals surface area (Å²) in [6.45, 7) is 3.50. The highest BCUT2D eigenvalue weighted by atomic mass is 16.3. The molecule has 1 rings (SSSR count). The minimum Gasteiger partial charge on any atom is -0.393 e. The average molecular weight is 214 g/mol. The maximum absolute atomic E-state index is 11.2. The summed E-state index contributed by atoms with van der Waals surface area (Å²) in [6.07, 6.45) is 4.65. The van der Waals surface area contributed by atoms with Crippen LogP contribution in [0.3, 0.4) is 0 Å². The number of aliphatic hydroxyl groups excluding tert-OH is 1. The number of hydrogen-bond acceptors (Lipinski definition) is 2. The number of aliphatic hydroxyl groups is 1. The third-order valence-electron chi connectivity index (χ3n) is 2.90. The normalized spacial score (nSPS) is 26.0. The Balaban J connectivity index is 2.06. The van der Waals surface area contributed by atoms with Crippen molar-refractivity contribution in [3.05, 3.63) is 0 Å². The molecule has 0 aromatic carbocycles. The van der Waals surface area contributed by atoms with Crippen molar-refractivity contribution in [1.82, 2.24) is 10.6 Å². The molecule has 0 radical (unpaired) electrons. The molecule has 1 aliphatic rings.